The Morgan fingerprint density at radius 1 is 1.14 bits per heavy atom. The van der Waals surface area contributed by atoms with Gasteiger partial charge in [0, 0.05) is 18.7 Å². The highest BCUT2D eigenvalue weighted by molar-refractivity contribution is 5.97. The fourth-order valence-corrected chi connectivity index (χ4v) is 3.05. The van der Waals surface area contributed by atoms with Gasteiger partial charge in [-0.1, -0.05) is 0 Å². The number of halogens is 3. The van der Waals surface area contributed by atoms with Gasteiger partial charge in [0.05, 0.1) is 33.8 Å². The Bertz CT molecular complexity index is 699. The summed E-state index contributed by atoms with van der Waals surface area (Å²) in [5.74, 6) is -1.84. The molecule has 0 saturated carbocycles. The molecule has 1 saturated heterocycles. The van der Waals surface area contributed by atoms with Crippen molar-refractivity contribution in [2.24, 2.45) is 5.92 Å². The molecule has 1 aromatic rings. The third-order valence-corrected chi connectivity index (χ3v) is 4.56. The highest BCUT2D eigenvalue weighted by Crippen LogP contribution is 2.38. The van der Waals surface area contributed by atoms with Gasteiger partial charge in [0.15, 0.2) is 11.5 Å². The minimum atomic E-state index is -4.33. The van der Waals surface area contributed by atoms with Gasteiger partial charge in [-0.15, -0.1) is 0 Å². The van der Waals surface area contributed by atoms with Crippen LogP contribution in [0.3, 0.4) is 0 Å². The molecule has 1 unspecified atom stereocenters. The lowest BCUT2D eigenvalue weighted by Crippen LogP contribution is -2.48. The van der Waals surface area contributed by atoms with Crippen molar-refractivity contribution in [3.05, 3.63) is 17.7 Å². The fraction of sp³-hybridized carbons (Fsp3) is 0.556. The molecule has 2 rings (SSSR count). The number of nitrogens with zero attached hydrogens (tertiary/aromatic N) is 1. The standard InChI is InChI=1S/C18H23F3N2O5/c1-26-13-7-11(8-14(27-2)16(13)28-3)17(25)22-9-15(24)23-6-4-5-12(10-23)18(19,20)21/h7-8,12H,4-6,9-10H2,1-3H3,(H,22,25). The summed E-state index contributed by atoms with van der Waals surface area (Å²) in [6.07, 6.45) is -4.06. The number of rotatable bonds is 6. The second kappa shape index (κ2) is 9.03. The summed E-state index contributed by atoms with van der Waals surface area (Å²) in [4.78, 5) is 25.7. The molecule has 1 atom stereocenters. The number of hydrogen-bond donors (Lipinski definition) is 1. The maximum atomic E-state index is 12.9. The molecule has 1 aliphatic heterocycles. The summed E-state index contributed by atoms with van der Waals surface area (Å²) >= 11 is 0. The van der Waals surface area contributed by atoms with Crippen molar-refractivity contribution in [1.82, 2.24) is 10.2 Å². The lowest BCUT2D eigenvalue weighted by molar-refractivity contribution is -0.187. The second-order valence-corrected chi connectivity index (χ2v) is 6.32. The molecule has 28 heavy (non-hydrogen) atoms. The summed E-state index contributed by atoms with van der Waals surface area (Å²) in [5, 5.41) is 2.43. The third-order valence-electron chi connectivity index (χ3n) is 4.56. The molecule has 0 bridgehead atoms. The number of ether oxygens (including phenoxy) is 3. The molecule has 1 aliphatic rings. The smallest absolute Gasteiger partial charge is 0.393 e. The van der Waals surface area contributed by atoms with Crippen molar-refractivity contribution in [3.63, 3.8) is 0 Å². The van der Waals surface area contributed by atoms with E-state index >= 15 is 0 Å². The zero-order chi connectivity index (χ0) is 20.9. The zero-order valence-electron chi connectivity index (χ0n) is 15.9. The molecular formula is C18H23F3N2O5. The number of amides is 2. The Kier molecular flexibility index (Phi) is 6.98. The molecule has 10 heteroatoms. The summed E-state index contributed by atoms with van der Waals surface area (Å²) in [6, 6.07) is 2.84. The summed E-state index contributed by atoms with van der Waals surface area (Å²) in [6.45, 7) is -0.548. The van der Waals surface area contributed by atoms with Crippen LogP contribution in [0.1, 0.15) is 23.2 Å². The molecule has 1 fully saturated rings. The van der Waals surface area contributed by atoms with Crippen LogP contribution >= 0.6 is 0 Å². The molecule has 0 aromatic heterocycles. The Morgan fingerprint density at radius 2 is 1.75 bits per heavy atom. The van der Waals surface area contributed by atoms with E-state index in [1.807, 2.05) is 0 Å². The number of methoxy groups -OCH3 is 3. The van der Waals surface area contributed by atoms with Gasteiger partial charge in [0.1, 0.15) is 0 Å². The van der Waals surface area contributed by atoms with E-state index in [4.69, 9.17) is 14.2 Å². The predicted molar refractivity (Wildman–Crippen MR) is 93.8 cm³/mol. The summed E-state index contributed by atoms with van der Waals surface area (Å²) in [5.41, 5.74) is 0.161. The van der Waals surface area contributed by atoms with Gasteiger partial charge in [-0.05, 0) is 25.0 Å². The minimum Gasteiger partial charge on any atom is -0.493 e. The molecule has 0 aliphatic carbocycles. The molecule has 0 spiro atoms. The van der Waals surface area contributed by atoms with Crippen molar-refractivity contribution >= 4 is 11.8 Å². The van der Waals surface area contributed by atoms with Crippen molar-refractivity contribution < 1.29 is 37.0 Å². The van der Waals surface area contributed by atoms with Crippen LogP contribution in [0.25, 0.3) is 0 Å². The molecule has 0 radical (unpaired) electrons. The van der Waals surface area contributed by atoms with Gasteiger partial charge in [0.25, 0.3) is 5.91 Å². The van der Waals surface area contributed by atoms with E-state index in [0.717, 1.165) is 4.90 Å². The Hall–Kier alpha value is -2.65. The van der Waals surface area contributed by atoms with E-state index < -0.39 is 30.5 Å². The van der Waals surface area contributed by atoms with Crippen molar-refractivity contribution in [2.75, 3.05) is 41.0 Å². The van der Waals surface area contributed by atoms with Crippen molar-refractivity contribution in [3.8, 4) is 17.2 Å². The number of nitrogens with one attached hydrogen (secondary N) is 1. The highest BCUT2D eigenvalue weighted by Gasteiger charge is 2.42. The van der Waals surface area contributed by atoms with Gasteiger partial charge >= 0.3 is 6.18 Å². The lowest BCUT2D eigenvalue weighted by atomic mass is 9.97. The maximum absolute atomic E-state index is 12.9. The average Bonchev–Trinajstić information content (AvgIpc) is 2.69. The van der Waals surface area contributed by atoms with E-state index in [9.17, 15) is 22.8 Å². The fourth-order valence-electron chi connectivity index (χ4n) is 3.05. The first-order valence-electron chi connectivity index (χ1n) is 8.64. The maximum Gasteiger partial charge on any atom is 0.393 e. The Balaban J connectivity index is 2.03. The van der Waals surface area contributed by atoms with Crippen LogP contribution < -0.4 is 19.5 Å². The van der Waals surface area contributed by atoms with Crippen LogP contribution in [0, 0.1) is 5.92 Å². The largest absolute Gasteiger partial charge is 0.493 e. The zero-order valence-corrected chi connectivity index (χ0v) is 15.9. The van der Waals surface area contributed by atoms with Gasteiger partial charge in [-0.3, -0.25) is 9.59 Å². The van der Waals surface area contributed by atoms with Crippen LogP contribution in [0.15, 0.2) is 12.1 Å². The molecule has 1 heterocycles. The highest BCUT2D eigenvalue weighted by atomic mass is 19.4. The minimum absolute atomic E-state index is 0.00504. The first kappa shape index (κ1) is 21.6. The number of carbonyl (C=O) groups excluding carboxylic acids is 2. The molecule has 1 aromatic carbocycles. The molecule has 7 nitrogen and oxygen atoms in total. The van der Waals surface area contributed by atoms with Crippen LogP contribution in [0.5, 0.6) is 17.2 Å². The molecule has 1 N–H and O–H groups in total. The average molecular weight is 404 g/mol. The van der Waals surface area contributed by atoms with Crippen LogP contribution in [-0.4, -0.2) is 63.9 Å². The molecule has 156 valence electrons. The summed E-state index contributed by atoms with van der Waals surface area (Å²) in [7, 11) is 4.22. The normalized spacial score (nSPS) is 17.1. The first-order valence-corrected chi connectivity index (χ1v) is 8.64. The second-order valence-electron chi connectivity index (χ2n) is 6.32. The number of benzene rings is 1. The number of alkyl halides is 3. The van der Waals surface area contributed by atoms with Crippen molar-refractivity contribution in [1.29, 1.82) is 0 Å². The van der Waals surface area contributed by atoms with E-state index in [2.05, 4.69) is 5.32 Å². The van der Waals surface area contributed by atoms with Gasteiger partial charge in [-0.25, -0.2) is 0 Å². The number of carbonyl (C=O) groups is 2. The number of hydrogen-bond acceptors (Lipinski definition) is 5. The predicted octanol–water partition coefficient (Wildman–Crippen LogP) is 2.24. The van der Waals surface area contributed by atoms with Gasteiger partial charge in [0.2, 0.25) is 11.7 Å². The van der Waals surface area contributed by atoms with Gasteiger partial charge in [-0.2, -0.15) is 13.2 Å². The van der Waals surface area contributed by atoms with Gasteiger partial charge < -0.3 is 24.4 Å². The Labute approximate surface area is 160 Å². The number of piperidine rings is 1. The summed E-state index contributed by atoms with van der Waals surface area (Å²) < 4.78 is 54.1. The quantitative estimate of drug-likeness (QED) is 0.787. The molecular weight excluding hydrogens is 381 g/mol. The van der Waals surface area contributed by atoms with Crippen LogP contribution in [0.4, 0.5) is 13.2 Å². The van der Waals surface area contributed by atoms with Crippen LogP contribution in [-0.2, 0) is 4.79 Å². The number of likely N-dealkylation sites (tertiary alicyclic amines) is 1. The SMILES string of the molecule is COc1cc(C(=O)NCC(=O)N2CCCC(C(F)(F)F)C2)cc(OC)c1OC. The molecule has 2 amide bonds. The van der Waals surface area contributed by atoms with E-state index in [1.54, 1.807) is 0 Å². The van der Waals surface area contributed by atoms with Crippen molar-refractivity contribution in [2.45, 2.75) is 19.0 Å². The lowest BCUT2D eigenvalue weighted by Gasteiger charge is -2.33. The topological polar surface area (TPSA) is 77.1 Å². The monoisotopic (exact) mass is 404 g/mol. The van der Waals surface area contributed by atoms with E-state index in [1.165, 1.54) is 33.5 Å². The van der Waals surface area contributed by atoms with E-state index in [0.29, 0.717) is 5.75 Å². The van der Waals surface area contributed by atoms with E-state index in [-0.39, 0.29) is 43.0 Å². The van der Waals surface area contributed by atoms with Crippen LogP contribution in [0.2, 0.25) is 0 Å². The Morgan fingerprint density at radius 3 is 2.25 bits per heavy atom. The first-order chi connectivity index (χ1) is 13.2. The third kappa shape index (κ3) is 4.99.